The molecular formula is C16H23N5S. The van der Waals surface area contributed by atoms with Crippen LogP contribution in [0.25, 0.3) is 11.0 Å². The highest BCUT2D eigenvalue weighted by Gasteiger charge is 2.14. The van der Waals surface area contributed by atoms with Crippen molar-refractivity contribution >= 4 is 34.1 Å². The monoisotopic (exact) mass is 317 g/mol. The van der Waals surface area contributed by atoms with Crippen LogP contribution in [0.15, 0.2) is 18.5 Å². The van der Waals surface area contributed by atoms with Crippen molar-refractivity contribution in [2.24, 2.45) is 0 Å². The quantitative estimate of drug-likeness (QED) is 0.847. The second-order valence-corrected chi connectivity index (χ2v) is 6.66. The first kappa shape index (κ1) is 15.2. The fourth-order valence-corrected chi connectivity index (χ4v) is 3.27. The summed E-state index contributed by atoms with van der Waals surface area (Å²) in [7, 11) is 0. The molecule has 0 bridgehead atoms. The van der Waals surface area contributed by atoms with E-state index in [0.717, 1.165) is 16.7 Å². The van der Waals surface area contributed by atoms with Gasteiger partial charge in [-0.2, -0.15) is 5.10 Å². The number of nitrogens with one attached hydrogen (secondary N) is 2. The van der Waals surface area contributed by atoms with Gasteiger partial charge in [-0.3, -0.25) is 0 Å². The molecule has 3 rings (SSSR count). The molecule has 1 aliphatic carbocycles. The third-order valence-electron chi connectivity index (χ3n) is 4.12. The van der Waals surface area contributed by atoms with Crippen LogP contribution >= 0.6 is 12.2 Å². The van der Waals surface area contributed by atoms with Crippen LogP contribution in [0.2, 0.25) is 0 Å². The Labute approximate surface area is 136 Å². The van der Waals surface area contributed by atoms with Crippen molar-refractivity contribution in [2.75, 3.05) is 5.32 Å². The minimum atomic E-state index is 0.304. The highest BCUT2D eigenvalue weighted by atomic mass is 32.1. The smallest absolute Gasteiger partial charge is 0.171 e. The molecular weight excluding hydrogens is 294 g/mol. The average molecular weight is 317 g/mol. The zero-order chi connectivity index (χ0) is 15.5. The number of fused-ring (bicyclic) bond motifs is 1. The van der Waals surface area contributed by atoms with Gasteiger partial charge in [-0.05, 0) is 45.0 Å². The highest BCUT2D eigenvalue weighted by molar-refractivity contribution is 7.80. The second kappa shape index (κ2) is 6.60. The Balaban J connectivity index is 1.67. The zero-order valence-corrected chi connectivity index (χ0v) is 14.0. The van der Waals surface area contributed by atoms with E-state index in [1.54, 1.807) is 0 Å². The first-order chi connectivity index (χ1) is 10.6. The molecule has 1 fully saturated rings. The van der Waals surface area contributed by atoms with Crippen LogP contribution in [-0.4, -0.2) is 25.9 Å². The molecule has 2 aromatic heterocycles. The van der Waals surface area contributed by atoms with Gasteiger partial charge < -0.3 is 10.6 Å². The number of pyridine rings is 1. The fourth-order valence-electron chi connectivity index (χ4n) is 2.99. The van der Waals surface area contributed by atoms with Crippen LogP contribution in [0, 0.1) is 0 Å². The summed E-state index contributed by atoms with van der Waals surface area (Å²) in [6, 6.07) is 2.86. The molecule has 2 heterocycles. The van der Waals surface area contributed by atoms with Crippen molar-refractivity contribution in [2.45, 2.75) is 58.0 Å². The van der Waals surface area contributed by atoms with Gasteiger partial charge in [0.25, 0.3) is 0 Å². The third-order valence-corrected chi connectivity index (χ3v) is 4.34. The predicted molar refractivity (Wildman–Crippen MR) is 94.1 cm³/mol. The maximum atomic E-state index is 5.42. The summed E-state index contributed by atoms with van der Waals surface area (Å²) >= 11 is 5.42. The van der Waals surface area contributed by atoms with E-state index in [0.29, 0.717) is 17.2 Å². The summed E-state index contributed by atoms with van der Waals surface area (Å²) in [5.74, 6) is 0. The molecule has 0 aromatic carbocycles. The van der Waals surface area contributed by atoms with Gasteiger partial charge in [-0.25, -0.2) is 9.67 Å². The molecule has 1 aliphatic rings. The van der Waals surface area contributed by atoms with E-state index < -0.39 is 0 Å². The van der Waals surface area contributed by atoms with Crippen LogP contribution < -0.4 is 10.6 Å². The normalized spacial score (nSPS) is 16.1. The topological polar surface area (TPSA) is 54.8 Å². The van der Waals surface area contributed by atoms with Crippen molar-refractivity contribution < 1.29 is 0 Å². The van der Waals surface area contributed by atoms with E-state index in [4.69, 9.17) is 12.2 Å². The zero-order valence-electron chi connectivity index (χ0n) is 13.2. The van der Waals surface area contributed by atoms with Gasteiger partial charge >= 0.3 is 0 Å². The molecule has 1 saturated carbocycles. The fraction of sp³-hybridized carbons (Fsp3) is 0.562. The standard InChI is InChI=1S/C16H23N5S/c1-11(2)21-15-12(9-18-21)8-14(10-17-15)20-16(22)19-13-6-4-3-5-7-13/h8-11,13H,3-7H2,1-2H3,(H2,19,20,22). The Morgan fingerprint density at radius 1 is 1.27 bits per heavy atom. The maximum absolute atomic E-state index is 5.42. The number of nitrogens with zero attached hydrogens (tertiary/aromatic N) is 3. The number of thiocarbonyl (C=S) groups is 1. The van der Waals surface area contributed by atoms with Crippen LogP contribution in [0.3, 0.4) is 0 Å². The number of rotatable bonds is 3. The van der Waals surface area contributed by atoms with E-state index in [1.165, 1.54) is 32.1 Å². The summed E-state index contributed by atoms with van der Waals surface area (Å²) in [5, 5.41) is 12.7. The molecule has 118 valence electrons. The molecule has 2 aromatic rings. The van der Waals surface area contributed by atoms with Crippen molar-refractivity contribution in [1.82, 2.24) is 20.1 Å². The Morgan fingerprint density at radius 2 is 2.05 bits per heavy atom. The molecule has 0 aliphatic heterocycles. The van der Waals surface area contributed by atoms with Crippen molar-refractivity contribution in [3.63, 3.8) is 0 Å². The summed E-state index contributed by atoms with van der Waals surface area (Å²) in [4.78, 5) is 4.51. The molecule has 0 radical (unpaired) electrons. The third kappa shape index (κ3) is 3.38. The van der Waals surface area contributed by atoms with Crippen molar-refractivity contribution in [1.29, 1.82) is 0 Å². The van der Waals surface area contributed by atoms with Crippen LogP contribution in [0.1, 0.15) is 52.0 Å². The van der Waals surface area contributed by atoms with Gasteiger partial charge in [0, 0.05) is 17.5 Å². The van der Waals surface area contributed by atoms with Gasteiger partial charge in [0.1, 0.15) is 0 Å². The number of aromatic nitrogens is 3. The Hall–Kier alpha value is -1.69. The van der Waals surface area contributed by atoms with E-state index in [9.17, 15) is 0 Å². The van der Waals surface area contributed by atoms with Gasteiger partial charge in [0.2, 0.25) is 0 Å². The second-order valence-electron chi connectivity index (χ2n) is 6.25. The minimum absolute atomic E-state index is 0.304. The number of anilines is 1. The van der Waals surface area contributed by atoms with Crippen LogP contribution in [0.4, 0.5) is 5.69 Å². The summed E-state index contributed by atoms with van der Waals surface area (Å²) in [6.07, 6.45) is 10.0. The van der Waals surface area contributed by atoms with Crippen LogP contribution in [-0.2, 0) is 0 Å². The average Bonchev–Trinajstić information content (AvgIpc) is 2.91. The molecule has 0 atom stereocenters. The molecule has 0 spiro atoms. The maximum Gasteiger partial charge on any atom is 0.171 e. The number of hydrogen-bond donors (Lipinski definition) is 2. The Bertz CT molecular complexity index is 658. The SMILES string of the molecule is CC(C)n1ncc2cc(NC(=S)NC3CCCCC3)cnc21. The summed E-state index contributed by atoms with van der Waals surface area (Å²) in [5.41, 5.74) is 1.82. The minimum Gasteiger partial charge on any atom is -0.360 e. The first-order valence-electron chi connectivity index (χ1n) is 8.04. The molecule has 0 amide bonds. The molecule has 22 heavy (non-hydrogen) atoms. The Morgan fingerprint density at radius 3 is 2.77 bits per heavy atom. The van der Waals surface area contributed by atoms with Gasteiger partial charge in [0.05, 0.1) is 18.1 Å². The predicted octanol–water partition coefficient (Wildman–Crippen LogP) is 3.63. The first-order valence-corrected chi connectivity index (χ1v) is 8.45. The van der Waals surface area contributed by atoms with E-state index in [-0.39, 0.29) is 0 Å². The molecule has 2 N–H and O–H groups in total. The van der Waals surface area contributed by atoms with Crippen molar-refractivity contribution in [3.8, 4) is 0 Å². The van der Waals surface area contributed by atoms with Crippen molar-refractivity contribution in [3.05, 3.63) is 18.5 Å². The summed E-state index contributed by atoms with van der Waals surface area (Å²) < 4.78 is 1.93. The van der Waals surface area contributed by atoms with E-state index >= 15 is 0 Å². The largest absolute Gasteiger partial charge is 0.360 e. The summed E-state index contributed by atoms with van der Waals surface area (Å²) in [6.45, 7) is 4.20. The molecule has 5 nitrogen and oxygen atoms in total. The highest BCUT2D eigenvalue weighted by Crippen LogP contribution is 2.20. The van der Waals surface area contributed by atoms with Gasteiger partial charge in [-0.1, -0.05) is 19.3 Å². The Kier molecular flexibility index (Phi) is 4.57. The number of hydrogen-bond acceptors (Lipinski definition) is 3. The lowest BCUT2D eigenvalue weighted by Gasteiger charge is -2.24. The lowest BCUT2D eigenvalue weighted by molar-refractivity contribution is 0.415. The lowest BCUT2D eigenvalue weighted by Crippen LogP contribution is -2.38. The van der Waals surface area contributed by atoms with Crippen LogP contribution in [0.5, 0.6) is 0 Å². The molecule has 0 unspecified atom stereocenters. The van der Waals surface area contributed by atoms with E-state index in [1.807, 2.05) is 23.1 Å². The molecule has 0 saturated heterocycles. The lowest BCUT2D eigenvalue weighted by atomic mass is 9.96. The van der Waals surface area contributed by atoms with Gasteiger partial charge in [-0.15, -0.1) is 0 Å². The van der Waals surface area contributed by atoms with E-state index in [2.05, 4.69) is 34.6 Å². The van der Waals surface area contributed by atoms with Gasteiger partial charge in [0.15, 0.2) is 10.8 Å². The molecule has 6 heteroatoms.